The van der Waals surface area contributed by atoms with E-state index >= 15 is 0 Å². The van der Waals surface area contributed by atoms with Crippen LogP contribution in [-0.4, -0.2) is 61.8 Å². The topological polar surface area (TPSA) is 62.2 Å². The molecule has 1 fully saturated rings. The van der Waals surface area contributed by atoms with Crippen molar-refractivity contribution in [1.29, 1.82) is 0 Å². The van der Waals surface area contributed by atoms with E-state index in [1.807, 2.05) is 25.3 Å². The molecular formula is C24H36IN5O2. The van der Waals surface area contributed by atoms with Crippen LogP contribution in [0.5, 0.6) is 5.75 Å². The molecule has 0 bridgehead atoms. The van der Waals surface area contributed by atoms with Crippen molar-refractivity contribution in [3.63, 3.8) is 0 Å². The molecule has 176 valence electrons. The van der Waals surface area contributed by atoms with Crippen molar-refractivity contribution in [2.45, 2.75) is 40.0 Å². The summed E-state index contributed by atoms with van der Waals surface area (Å²) in [5.41, 5.74) is 2.30. The van der Waals surface area contributed by atoms with Gasteiger partial charge in [0.2, 0.25) is 0 Å². The Balaban J connectivity index is 0.00000363. The number of rotatable bonds is 8. The minimum absolute atomic E-state index is 0. The number of ether oxygens (including phenoxy) is 2. The number of pyridine rings is 1. The van der Waals surface area contributed by atoms with Crippen LogP contribution in [0.15, 0.2) is 47.6 Å². The van der Waals surface area contributed by atoms with Gasteiger partial charge in [-0.15, -0.1) is 24.0 Å². The lowest BCUT2D eigenvalue weighted by Gasteiger charge is -2.32. The summed E-state index contributed by atoms with van der Waals surface area (Å²) in [6, 6.07) is 12.4. The molecule has 7 nitrogen and oxygen atoms in total. The third kappa shape index (κ3) is 7.81. The van der Waals surface area contributed by atoms with Crippen LogP contribution in [0, 0.1) is 0 Å². The van der Waals surface area contributed by atoms with Gasteiger partial charge in [0.1, 0.15) is 11.6 Å². The summed E-state index contributed by atoms with van der Waals surface area (Å²) in [5.74, 6) is 2.78. The zero-order chi connectivity index (χ0) is 22.1. The molecule has 1 aromatic carbocycles. The van der Waals surface area contributed by atoms with E-state index in [-0.39, 0.29) is 30.1 Å². The molecule has 1 aliphatic rings. The third-order valence-corrected chi connectivity index (χ3v) is 5.14. The maximum atomic E-state index is 5.62. The molecule has 3 rings (SSSR count). The average molecular weight is 553 g/mol. The predicted octanol–water partition coefficient (Wildman–Crippen LogP) is 3.92. The summed E-state index contributed by atoms with van der Waals surface area (Å²) >= 11 is 0. The minimum atomic E-state index is 0. The molecule has 0 amide bonds. The highest BCUT2D eigenvalue weighted by Crippen LogP contribution is 2.16. The number of anilines is 1. The number of morpholine rings is 1. The van der Waals surface area contributed by atoms with Crippen molar-refractivity contribution < 1.29 is 9.47 Å². The van der Waals surface area contributed by atoms with Gasteiger partial charge in [-0.3, -0.25) is 0 Å². The highest BCUT2D eigenvalue weighted by molar-refractivity contribution is 14.0. The Morgan fingerprint density at radius 1 is 1.22 bits per heavy atom. The van der Waals surface area contributed by atoms with Crippen LogP contribution in [-0.2, 0) is 17.8 Å². The van der Waals surface area contributed by atoms with Gasteiger partial charge in [0.15, 0.2) is 5.96 Å². The standard InChI is InChI=1S/C24H35N5O2.HI/c1-5-25-24(28(4)18-20-7-10-22(11-8-20)30-6-2)27-16-21-9-12-23(26-15-21)29-13-14-31-19(3)17-29;/h7-12,15,19H,5-6,13-14,16-18H2,1-4H3,(H,25,27);1H. The summed E-state index contributed by atoms with van der Waals surface area (Å²) < 4.78 is 11.1. The molecule has 0 aliphatic carbocycles. The SMILES string of the molecule is CCNC(=NCc1ccc(N2CCOC(C)C2)nc1)N(C)Cc1ccc(OCC)cc1.I. The fraction of sp³-hybridized carbons (Fsp3) is 0.500. The second kappa shape index (κ2) is 13.5. The first-order valence-electron chi connectivity index (χ1n) is 11.1. The largest absolute Gasteiger partial charge is 0.494 e. The van der Waals surface area contributed by atoms with Gasteiger partial charge in [0.25, 0.3) is 0 Å². The van der Waals surface area contributed by atoms with Crippen LogP contribution in [0.2, 0.25) is 0 Å². The molecule has 8 heteroatoms. The monoisotopic (exact) mass is 553 g/mol. The Hall–Kier alpha value is -2.07. The predicted molar refractivity (Wildman–Crippen MR) is 141 cm³/mol. The normalized spacial score (nSPS) is 16.3. The number of nitrogens with zero attached hydrogens (tertiary/aromatic N) is 4. The first-order chi connectivity index (χ1) is 15.1. The van der Waals surface area contributed by atoms with Crippen molar-refractivity contribution in [2.75, 3.05) is 44.8 Å². The van der Waals surface area contributed by atoms with Gasteiger partial charge < -0.3 is 24.6 Å². The van der Waals surface area contributed by atoms with Crippen molar-refractivity contribution in [3.8, 4) is 5.75 Å². The Morgan fingerprint density at radius 2 is 1.97 bits per heavy atom. The molecule has 0 spiro atoms. The number of halogens is 1. The Labute approximate surface area is 209 Å². The van der Waals surface area contributed by atoms with Crippen molar-refractivity contribution in [3.05, 3.63) is 53.7 Å². The molecule has 2 heterocycles. The second-order valence-corrected chi connectivity index (χ2v) is 7.76. The molecule has 1 aromatic heterocycles. The lowest BCUT2D eigenvalue weighted by atomic mass is 10.2. The summed E-state index contributed by atoms with van der Waals surface area (Å²) in [5, 5.41) is 3.38. The van der Waals surface area contributed by atoms with Gasteiger partial charge in [-0.25, -0.2) is 9.98 Å². The Bertz CT molecular complexity index is 829. The quantitative estimate of drug-likeness (QED) is 0.304. The average Bonchev–Trinajstić information content (AvgIpc) is 2.78. The summed E-state index contributed by atoms with van der Waals surface area (Å²) in [4.78, 5) is 13.9. The fourth-order valence-electron chi connectivity index (χ4n) is 3.57. The molecule has 1 saturated heterocycles. The number of aliphatic imine (C=N–C) groups is 1. The van der Waals surface area contributed by atoms with Crippen LogP contribution in [0.3, 0.4) is 0 Å². The highest BCUT2D eigenvalue weighted by Gasteiger charge is 2.17. The van der Waals surface area contributed by atoms with Gasteiger partial charge >= 0.3 is 0 Å². The van der Waals surface area contributed by atoms with E-state index in [0.717, 1.165) is 55.9 Å². The molecule has 1 atom stereocenters. The lowest BCUT2D eigenvalue weighted by molar-refractivity contribution is 0.0529. The van der Waals surface area contributed by atoms with Crippen LogP contribution < -0.4 is 15.0 Å². The molecule has 2 aromatic rings. The number of nitrogens with one attached hydrogen (secondary N) is 1. The van der Waals surface area contributed by atoms with E-state index in [1.54, 1.807) is 0 Å². The summed E-state index contributed by atoms with van der Waals surface area (Å²) in [6.45, 7) is 11.5. The van der Waals surface area contributed by atoms with Crippen LogP contribution in [0.25, 0.3) is 0 Å². The van der Waals surface area contributed by atoms with Crippen LogP contribution >= 0.6 is 24.0 Å². The maximum absolute atomic E-state index is 5.62. The Kier molecular flexibility index (Phi) is 11.0. The zero-order valence-corrected chi connectivity index (χ0v) is 21.9. The van der Waals surface area contributed by atoms with Crippen molar-refractivity contribution in [1.82, 2.24) is 15.2 Å². The van der Waals surface area contributed by atoms with E-state index < -0.39 is 0 Å². The van der Waals surface area contributed by atoms with Crippen LogP contribution in [0.1, 0.15) is 31.9 Å². The van der Waals surface area contributed by atoms with E-state index in [0.29, 0.717) is 13.2 Å². The first-order valence-corrected chi connectivity index (χ1v) is 11.1. The molecule has 0 radical (unpaired) electrons. The Morgan fingerprint density at radius 3 is 2.59 bits per heavy atom. The van der Waals surface area contributed by atoms with E-state index in [9.17, 15) is 0 Å². The first kappa shape index (κ1) is 26.2. The number of aromatic nitrogens is 1. The molecule has 1 unspecified atom stereocenters. The number of hydrogen-bond acceptors (Lipinski definition) is 5. The molecular weight excluding hydrogens is 517 g/mol. The van der Waals surface area contributed by atoms with Gasteiger partial charge in [-0.05, 0) is 50.1 Å². The highest BCUT2D eigenvalue weighted by atomic mass is 127. The number of guanidine groups is 1. The summed E-state index contributed by atoms with van der Waals surface area (Å²) in [7, 11) is 2.05. The van der Waals surface area contributed by atoms with Crippen molar-refractivity contribution in [2.24, 2.45) is 4.99 Å². The number of hydrogen-bond donors (Lipinski definition) is 1. The third-order valence-electron chi connectivity index (χ3n) is 5.14. The second-order valence-electron chi connectivity index (χ2n) is 7.76. The van der Waals surface area contributed by atoms with E-state index in [2.05, 4.69) is 65.3 Å². The maximum Gasteiger partial charge on any atom is 0.194 e. The number of benzene rings is 1. The molecule has 0 saturated carbocycles. The summed E-state index contributed by atoms with van der Waals surface area (Å²) in [6.07, 6.45) is 2.17. The fourth-order valence-corrected chi connectivity index (χ4v) is 3.57. The van der Waals surface area contributed by atoms with Crippen LogP contribution in [0.4, 0.5) is 5.82 Å². The zero-order valence-electron chi connectivity index (χ0n) is 19.6. The molecule has 1 N–H and O–H groups in total. The van der Waals surface area contributed by atoms with E-state index in [4.69, 9.17) is 14.5 Å². The molecule has 1 aliphatic heterocycles. The van der Waals surface area contributed by atoms with Gasteiger partial charge in [0.05, 0.1) is 25.9 Å². The van der Waals surface area contributed by atoms with Gasteiger partial charge in [-0.1, -0.05) is 18.2 Å². The lowest BCUT2D eigenvalue weighted by Crippen LogP contribution is -2.41. The van der Waals surface area contributed by atoms with Crippen molar-refractivity contribution >= 4 is 35.8 Å². The smallest absolute Gasteiger partial charge is 0.194 e. The van der Waals surface area contributed by atoms with Gasteiger partial charge in [0, 0.05) is 39.4 Å². The van der Waals surface area contributed by atoms with E-state index in [1.165, 1.54) is 5.56 Å². The minimum Gasteiger partial charge on any atom is -0.494 e. The van der Waals surface area contributed by atoms with Gasteiger partial charge in [-0.2, -0.15) is 0 Å². The molecule has 32 heavy (non-hydrogen) atoms.